The fraction of sp³-hybridized carbons (Fsp3) is 0.150. The number of hydrogen-bond donors (Lipinski definition) is 0. The molecular weight excluding hydrogens is 332 g/mol. The lowest BCUT2D eigenvalue weighted by atomic mass is 10.1. The summed E-state index contributed by atoms with van der Waals surface area (Å²) in [6, 6.07) is 17.3. The molecule has 6 heteroatoms. The Hall–Kier alpha value is -3.41. The van der Waals surface area contributed by atoms with Gasteiger partial charge in [0.15, 0.2) is 6.61 Å². The summed E-state index contributed by atoms with van der Waals surface area (Å²) >= 11 is 0. The number of nitro benzene ring substituents is 1. The number of para-hydroxylation sites is 1. The molecule has 1 aromatic heterocycles. The molecule has 0 saturated heterocycles. The fourth-order valence-electron chi connectivity index (χ4n) is 2.91. The van der Waals surface area contributed by atoms with Gasteiger partial charge in [-0.3, -0.25) is 14.9 Å². The van der Waals surface area contributed by atoms with Crippen molar-refractivity contribution in [2.45, 2.75) is 13.8 Å². The van der Waals surface area contributed by atoms with Crippen molar-refractivity contribution in [3.8, 4) is 11.4 Å². The number of aryl methyl sites for hydroxylation is 1. The SMILES string of the molecule is Cc1cc(C(=O)COc2ccc([N+](=O)[O-])cc2)c(C)n1-c1ccccc1. The Morgan fingerprint density at radius 1 is 1.08 bits per heavy atom. The van der Waals surface area contributed by atoms with Gasteiger partial charge in [0.2, 0.25) is 5.78 Å². The Balaban J connectivity index is 1.75. The van der Waals surface area contributed by atoms with E-state index in [9.17, 15) is 14.9 Å². The number of ketones is 1. The van der Waals surface area contributed by atoms with Crippen molar-refractivity contribution >= 4 is 11.5 Å². The second kappa shape index (κ2) is 7.23. The number of benzene rings is 2. The van der Waals surface area contributed by atoms with Crippen LogP contribution in [0.3, 0.4) is 0 Å². The second-order valence-electron chi connectivity index (χ2n) is 5.92. The summed E-state index contributed by atoms with van der Waals surface area (Å²) in [6.45, 7) is 3.73. The quantitative estimate of drug-likeness (QED) is 0.378. The molecule has 0 aliphatic carbocycles. The summed E-state index contributed by atoms with van der Waals surface area (Å²) in [4.78, 5) is 22.7. The van der Waals surface area contributed by atoms with Crippen molar-refractivity contribution in [1.29, 1.82) is 0 Å². The van der Waals surface area contributed by atoms with Gasteiger partial charge in [-0.05, 0) is 44.2 Å². The van der Waals surface area contributed by atoms with Crippen LogP contribution >= 0.6 is 0 Å². The third-order valence-corrected chi connectivity index (χ3v) is 4.16. The smallest absolute Gasteiger partial charge is 0.269 e. The van der Waals surface area contributed by atoms with Gasteiger partial charge in [0.25, 0.3) is 5.69 Å². The molecule has 0 atom stereocenters. The number of rotatable bonds is 6. The van der Waals surface area contributed by atoms with E-state index in [4.69, 9.17) is 4.74 Å². The minimum absolute atomic E-state index is 0.0184. The molecule has 3 aromatic rings. The van der Waals surface area contributed by atoms with Crippen LogP contribution in [0.1, 0.15) is 21.7 Å². The summed E-state index contributed by atoms with van der Waals surface area (Å²) in [5, 5.41) is 10.7. The highest BCUT2D eigenvalue weighted by molar-refractivity contribution is 5.98. The van der Waals surface area contributed by atoms with E-state index in [1.807, 2.05) is 54.8 Å². The van der Waals surface area contributed by atoms with E-state index in [2.05, 4.69) is 0 Å². The molecule has 132 valence electrons. The molecule has 0 spiro atoms. The van der Waals surface area contributed by atoms with Crippen LogP contribution in [0.25, 0.3) is 5.69 Å². The average Bonchev–Trinajstić information content (AvgIpc) is 2.95. The van der Waals surface area contributed by atoms with Crippen molar-refractivity contribution in [3.05, 3.63) is 87.7 Å². The number of Topliss-reactive ketones (excluding diaryl/α,β-unsaturated/α-hetero) is 1. The molecule has 0 amide bonds. The summed E-state index contributed by atoms with van der Waals surface area (Å²) in [5.41, 5.74) is 3.40. The first kappa shape index (κ1) is 17.4. The Morgan fingerprint density at radius 2 is 1.73 bits per heavy atom. The first-order valence-electron chi connectivity index (χ1n) is 8.12. The maximum Gasteiger partial charge on any atom is 0.269 e. The standard InChI is InChI=1S/C20H18N2O4/c1-14-12-19(15(2)21(14)16-6-4-3-5-7-16)20(23)13-26-18-10-8-17(9-11-18)22(24)25/h3-12H,13H2,1-2H3. The number of nitro groups is 1. The second-order valence-corrected chi connectivity index (χ2v) is 5.92. The number of aromatic nitrogens is 1. The van der Waals surface area contributed by atoms with Gasteiger partial charge in [0.05, 0.1) is 4.92 Å². The maximum absolute atomic E-state index is 12.6. The topological polar surface area (TPSA) is 74.4 Å². The van der Waals surface area contributed by atoms with Crippen LogP contribution < -0.4 is 4.74 Å². The van der Waals surface area contributed by atoms with Gasteiger partial charge in [-0.25, -0.2) is 0 Å². The van der Waals surface area contributed by atoms with E-state index in [1.165, 1.54) is 24.3 Å². The maximum atomic E-state index is 12.6. The molecule has 0 N–H and O–H groups in total. The number of hydrogen-bond acceptors (Lipinski definition) is 4. The molecule has 0 bridgehead atoms. The Kier molecular flexibility index (Phi) is 4.84. The van der Waals surface area contributed by atoms with Crippen molar-refractivity contribution in [1.82, 2.24) is 4.57 Å². The highest BCUT2D eigenvalue weighted by atomic mass is 16.6. The van der Waals surface area contributed by atoms with Gasteiger partial charge in [-0.15, -0.1) is 0 Å². The molecule has 6 nitrogen and oxygen atoms in total. The van der Waals surface area contributed by atoms with Crippen molar-refractivity contribution < 1.29 is 14.5 Å². The predicted molar refractivity (Wildman–Crippen MR) is 98.2 cm³/mol. The minimum Gasteiger partial charge on any atom is -0.485 e. The first-order valence-corrected chi connectivity index (χ1v) is 8.12. The van der Waals surface area contributed by atoms with E-state index in [1.54, 1.807) is 0 Å². The van der Waals surface area contributed by atoms with Crippen LogP contribution in [-0.4, -0.2) is 21.9 Å². The molecular formula is C20H18N2O4. The van der Waals surface area contributed by atoms with E-state index in [-0.39, 0.29) is 18.1 Å². The Bertz CT molecular complexity index is 944. The van der Waals surface area contributed by atoms with Crippen LogP contribution in [0, 0.1) is 24.0 Å². The van der Waals surface area contributed by atoms with Gasteiger partial charge in [-0.1, -0.05) is 18.2 Å². The Morgan fingerprint density at radius 3 is 2.35 bits per heavy atom. The van der Waals surface area contributed by atoms with E-state index >= 15 is 0 Å². The summed E-state index contributed by atoms with van der Waals surface area (Å²) in [6.07, 6.45) is 0. The van der Waals surface area contributed by atoms with Crippen molar-refractivity contribution in [2.75, 3.05) is 6.61 Å². The molecule has 2 aromatic carbocycles. The van der Waals surface area contributed by atoms with Gasteiger partial charge in [-0.2, -0.15) is 0 Å². The number of ether oxygens (including phenoxy) is 1. The first-order chi connectivity index (χ1) is 12.5. The van der Waals surface area contributed by atoms with Crippen molar-refractivity contribution in [3.63, 3.8) is 0 Å². The van der Waals surface area contributed by atoms with Crippen LogP contribution in [0.15, 0.2) is 60.7 Å². The third kappa shape index (κ3) is 3.49. The highest BCUT2D eigenvalue weighted by Gasteiger charge is 2.17. The van der Waals surface area contributed by atoms with Crippen LogP contribution in [0.4, 0.5) is 5.69 Å². The lowest BCUT2D eigenvalue weighted by Gasteiger charge is -2.10. The molecule has 1 heterocycles. The lowest BCUT2D eigenvalue weighted by molar-refractivity contribution is -0.384. The minimum atomic E-state index is -0.479. The number of nitrogens with zero attached hydrogens (tertiary/aromatic N) is 2. The molecule has 0 radical (unpaired) electrons. The van der Waals surface area contributed by atoms with Crippen LogP contribution in [0.2, 0.25) is 0 Å². The van der Waals surface area contributed by atoms with E-state index in [0.717, 1.165) is 17.1 Å². The molecule has 0 saturated carbocycles. The fourth-order valence-corrected chi connectivity index (χ4v) is 2.91. The Labute approximate surface area is 150 Å². The van der Waals surface area contributed by atoms with Crippen molar-refractivity contribution in [2.24, 2.45) is 0 Å². The molecule has 26 heavy (non-hydrogen) atoms. The van der Waals surface area contributed by atoms with Gasteiger partial charge in [0, 0.05) is 34.8 Å². The molecule has 0 fully saturated rings. The monoisotopic (exact) mass is 350 g/mol. The van der Waals surface area contributed by atoms with Crippen LogP contribution in [-0.2, 0) is 0 Å². The number of carbonyl (C=O) groups excluding carboxylic acids is 1. The zero-order valence-corrected chi connectivity index (χ0v) is 14.5. The number of non-ortho nitro benzene ring substituents is 1. The van der Waals surface area contributed by atoms with E-state index < -0.39 is 4.92 Å². The summed E-state index contributed by atoms with van der Waals surface area (Å²) in [5.74, 6) is 0.277. The van der Waals surface area contributed by atoms with Gasteiger partial charge in [0.1, 0.15) is 5.75 Å². The van der Waals surface area contributed by atoms with Gasteiger partial charge >= 0.3 is 0 Å². The lowest BCUT2D eigenvalue weighted by Crippen LogP contribution is -2.12. The number of carbonyl (C=O) groups is 1. The zero-order chi connectivity index (χ0) is 18.7. The average molecular weight is 350 g/mol. The third-order valence-electron chi connectivity index (χ3n) is 4.16. The van der Waals surface area contributed by atoms with E-state index in [0.29, 0.717) is 11.3 Å². The highest BCUT2D eigenvalue weighted by Crippen LogP contribution is 2.22. The predicted octanol–water partition coefficient (Wildman–Crippen LogP) is 4.26. The van der Waals surface area contributed by atoms with Crippen LogP contribution in [0.5, 0.6) is 5.75 Å². The molecule has 0 unspecified atom stereocenters. The normalized spacial score (nSPS) is 10.5. The molecule has 0 aliphatic rings. The molecule has 3 rings (SSSR count). The summed E-state index contributed by atoms with van der Waals surface area (Å²) < 4.78 is 7.51. The zero-order valence-electron chi connectivity index (χ0n) is 14.5. The summed E-state index contributed by atoms with van der Waals surface area (Å²) in [7, 11) is 0. The van der Waals surface area contributed by atoms with Gasteiger partial charge < -0.3 is 9.30 Å². The largest absolute Gasteiger partial charge is 0.485 e. The molecule has 0 aliphatic heterocycles.